The molecule has 142 valence electrons. The molecule has 0 radical (unpaired) electrons. The number of imidazole rings is 1. The second kappa shape index (κ2) is 6.98. The first-order valence-corrected chi connectivity index (χ1v) is 10.5. The van der Waals surface area contributed by atoms with Gasteiger partial charge >= 0.3 is 0 Å². The number of benzene rings is 3. The van der Waals surface area contributed by atoms with Crippen molar-refractivity contribution in [2.24, 2.45) is 0 Å². The van der Waals surface area contributed by atoms with Crippen LogP contribution >= 0.6 is 11.3 Å². The molecular weight excluding hydrogens is 374 g/mol. The van der Waals surface area contributed by atoms with Crippen LogP contribution in [0.4, 0.5) is 0 Å². The number of hydrogen-bond donors (Lipinski definition) is 0. The highest BCUT2D eigenvalue weighted by atomic mass is 32.1. The molecule has 2 aromatic heterocycles. The zero-order chi connectivity index (χ0) is 20.0. The molecule has 3 aromatic carbocycles. The molecule has 0 N–H and O–H groups in total. The summed E-state index contributed by atoms with van der Waals surface area (Å²) in [6, 6.07) is 21.5. The van der Waals surface area contributed by atoms with E-state index in [-0.39, 0.29) is 0 Å². The lowest BCUT2D eigenvalue weighted by Gasteiger charge is -2.16. The average molecular weight is 396 g/mol. The van der Waals surface area contributed by atoms with Crippen LogP contribution in [0.2, 0.25) is 0 Å². The number of nitrogens with zero attached hydrogens (tertiary/aromatic N) is 3. The van der Waals surface area contributed by atoms with Crippen molar-refractivity contribution in [3.05, 3.63) is 89.2 Å². The minimum atomic E-state index is 0.941. The Kier molecular flexibility index (Phi) is 4.29. The Morgan fingerprint density at radius 2 is 1.55 bits per heavy atom. The standard InChI is InChI=1S/C25H21N3S/c1-16-13-21(19-7-5-4-6-8-19)14-17(2)24(16)28-12-11-26-25(28)20-9-10-23-22(15-20)27-18(3)29-23/h4-15H,1-3H3. The number of hydrogen-bond acceptors (Lipinski definition) is 3. The Morgan fingerprint density at radius 3 is 2.31 bits per heavy atom. The molecule has 0 spiro atoms. The predicted octanol–water partition coefficient (Wildman–Crippen LogP) is 6.74. The first kappa shape index (κ1) is 17.8. The van der Waals surface area contributed by atoms with Gasteiger partial charge in [0.15, 0.2) is 0 Å². The Bertz CT molecular complexity index is 1310. The molecule has 29 heavy (non-hydrogen) atoms. The zero-order valence-electron chi connectivity index (χ0n) is 16.7. The highest BCUT2D eigenvalue weighted by Gasteiger charge is 2.14. The minimum Gasteiger partial charge on any atom is -0.299 e. The van der Waals surface area contributed by atoms with Gasteiger partial charge in [0.05, 0.1) is 20.9 Å². The van der Waals surface area contributed by atoms with Crippen LogP contribution in [0, 0.1) is 20.8 Å². The number of aromatic nitrogens is 3. The highest BCUT2D eigenvalue weighted by molar-refractivity contribution is 7.18. The van der Waals surface area contributed by atoms with Crippen LogP contribution in [-0.4, -0.2) is 14.5 Å². The highest BCUT2D eigenvalue weighted by Crippen LogP contribution is 2.32. The van der Waals surface area contributed by atoms with E-state index in [4.69, 9.17) is 0 Å². The van der Waals surface area contributed by atoms with Crippen molar-refractivity contribution in [1.82, 2.24) is 14.5 Å². The van der Waals surface area contributed by atoms with Crippen molar-refractivity contribution in [1.29, 1.82) is 0 Å². The van der Waals surface area contributed by atoms with Crippen molar-refractivity contribution in [2.75, 3.05) is 0 Å². The van der Waals surface area contributed by atoms with E-state index in [0.29, 0.717) is 0 Å². The smallest absolute Gasteiger partial charge is 0.144 e. The van der Waals surface area contributed by atoms with E-state index in [0.717, 1.165) is 21.9 Å². The SMILES string of the molecule is Cc1nc2cc(-c3nccn3-c3c(C)cc(-c4ccccc4)cc3C)ccc2s1. The van der Waals surface area contributed by atoms with Crippen molar-refractivity contribution < 1.29 is 0 Å². The third kappa shape index (κ3) is 3.15. The molecule has 0 saturated heterocycles. The second-order valence-electron chi connectivity index (χ2n) is 7.36. The largest absolute Gasteiger partial charge is 0.299 e. The van der Waals surface area contributed by atoms with E-state index in [1.807, 2.05) is 19.3 Å². The van der Waals surface area contributed by atoms with E-state index >= 15 is 0 Å². The van der Waals surface area contributed by atoms with Crippen molar-refractivity contribution in [3.63, 3.8) is 0 Å². The fourth-order valence-electron chi connectivity index (χ4n) is 4.01. The fraction of sp³-hybridized carbons (Fsp3) is 0.120. The van der Waals surface area contributed by atoms with Crippen LogP contribution in [0.3, 0.4) is 0 Å². The van der Waals surface area contributed by atoms with Gasteiger partial charge in [0.2, 0.25) is 0 Å². The number of fused-ring (bicyclic) bond motifs is 1. The van der Waals surface area contributed by atoms with E-state index in [1.54, 1.807) is 11.3 Å². The fourth-order valence-corrected chi connectivity index (χ4v) is 4.82. The molecule has 0 bridgehead atoms. The monoisotopic (exact) mass is 395 g/mol. The first-order chi connectivity index (χ1) is 14.1. The molecule has 0 aliphatic rings. The van der Waals surface area contributed by atoms with Gasteiger partial charge in [-0.15, -0.1) is 11.3 Å². The van der Waals surface area contributed by atoms with Gasteiger partial charge in [0, 0.05) is 18.0 Å². The first-order valence-electron chi connectivity index (χ1n) is 9.68. The maximum atomic E-state index is 4.68. The predicted molar refractivity (Wildman–Crippen MR) is 122 cm³/mol. The van der Waals surface area contributed by atoms with Crippen LogP contribution in [0.25, 0.3) is 38.4 Å². The summed E-state index contributed by atoms with van der Waals surface area (Å²) in [6.07, 6.45) is 3.92. The summed E-state index contributed by atoms with van der Waals surface area (Å²) < 4.78 is 3.41. The molecule has 0 aliphatic heterocycles. The molecule has 0 fully saturated rings. The summed E-state index contributed by atoms with van der Waals surface area (Å²) in [5, 5.41) is 1.09. The van der Waals surface area contributed by atoms with Gasteiger partial charge in [-0.05, 0) is 73.4 Å². The Balaban J connectivity index is 1.63. The van der Waals surface area contributed by atoms with Crippen LogP contribution in [0.5, 0.6) is 0 Å². The Morgan fingerprint density at radius 1 is 0.793 bits per heavy atom. The van der Waals surface area contributed by atoms with E-state index < -0.39 is 0 Å². The molecule has 0 atom stereocenters. The quantitative estimate of drug-likeness (QED) is 0.339. The Labute approximate surface area is 174 Å². The van der Waals surface area contributed by atoms with Gasteiger partial charge in [-0.1, -0.05) is 30.3 Å². The maximum Gasteiger partial charge on any atom is 0.144 e. The van der Waals surface area contributed by atoms with Crippen LogP contribution in [0.1, 0.15) is 16.1 Å². The lowest BCUT2D eigenvalue weighted by atomic mass is 9.98. The van der Waals surface area contributed by atoms with Crippen LogP contribution < -0.4 is 0 Å². The number of aryl methyl sites for hydroxylation is 3. The molecule has 3 nitrogen and oxygen atoms in total. The van der Waals surface area contributed by atoms with E-state index in [1.165, 1.54) is 32.6 Å². The summed E-state index contributed by atoms with van der Waals surface area (Å²) in [5.41, 5.74) is 8.24. The van der Waals surface area contributed by atoms with Gasteiger partial charge in [-0.2, -0.15) is 0 Å². The van der Waals surface area contributed by atoms with Gasteiger partial charge < -0.3 is 0 Å². The second-order valence-corrected chi connectivity index (χ2v) is 8.60. The van der Waals surface area contributed by atoms with Gasteiger partial charge in [0.1, 0.15) is 5.82 Å². The summed E-state index contributed by atoms with van der Waals surface area (Å²) in [4.78, 5) is 9.33. The molecule has 0 aliphatic carbocycles. The number of thiazole rings is 1. The average Bonchev–Trinajstić information content (AvgIpc) is 3.33. The summed E-state index contributed by atoms with van der Waals surface area (Å²) in [7, 11) is 0. The molecule has 5 aromatic rings. The summed E-state index contributed by atoms with van der Waals surface area (Å²) in [5.74, 6) is 0.941. The van der Waals surface area contributed by atoms with Gasteiger partial charge in [-0.3, -0.25) is 4.57 Å². The molecule has 0 amide bonds. The van der Waals surface area contributed by atoms with Gasteiger partial charge in [0.25, 0.3) is 0 Å². The topological polar surface area (TPSA) is 30.7 Å². The van der Waals surface area contributed by atoms with Gasteiger partial charge in [-0.25, -0.2) is 9.97 Å². The Hall–Kier alpha value is -3.24. The molecule has 0 unspecified atom stereocenters. The molecular formula is C25H21N3S. The van der Waals surface area contributed by atoms with E-state index in [2.05, 4.69) is 89.0 Å². The number of rotatable bonds is 3. The van der Waals surface area contributed by atoms with Crippen molar-refractivity contribution in [3.8, 4) is 28.2 Å². The van der Waals surface area contributed by atoms with Crippen LogP contribution in [-0.2, 0) is 0 Å². The lowest BCUT2D eigenvalue weighted by molar-refractivity contribution is 1.03. The normalized spacial score (nSPS) is 11.3. The molecule has 0 saturated carbocycles. The van der Waals surface area contributed by atoms with Crippen molar-refractivity contribution in [2.45, 2.75) is 20.8 Å². The third-order valence-corrected chi connectivity index (χ3v) is 6.18. The summed E-state index contributed by atoms with van der Waals surface area (Å²) >= 11 is 1.72. The minimum absolute atomic E-state index is 0.941. The van der Waals surface area contributed by atoms with E-state index in [9.17, 15) is 0 Å². The zero-order valence-corrected chi connectivity index (χ0v) is 17.5. The summed E-state index contributed by atoms with van der Waals surface area (Å²) in [6.45, 7) is 6.39. The molecule has 2 heterocycles. The van der Waals surface area contributed by atoms with Crippen LogP contribution in [0.15, 0.2) is 73.1 Å². The van der Waals surface area contributed by atoms with Crippen molar-refractivity contribution >= 4 is 21.6 Å². The molecule has 5 rings (SSSR count). The molecule has 4 heteroatoms. The lowest BCUT2D eigenvalue weighted by Crippen LogP contribution is -2.02. The maximum absolute atomic E-state index is 4.68. The third-order valence-electron chi connectivity index (χ3n) is 5.23.